The monoisotopic (exact) mass is 446 g/mol. The van der Waals surface area contributed by atoms with E-state index in [-0.39, 0.29) is 17.1 Å². The van der Waals surface area contributed by atoms with Crippen LogP contribution in [-0.2, 0) is 16.9 Å². The molecule has 2 aromatic heterocycles. The van der Waals surface area contributed by atoms with Gasteiger partial charge in [-0.3, -0.25) is 9.48 Å². The molecule has 3 aromatic rings. The number of carbonyl (C=O) groups is 1. The van der Waals surface area contributed by atoms with E-state index in [0.29, 0.717) is 22.7 Å². The normalized spacial score (nSPS) is 16.0. The molecular formula is C21H21F3N6O2. The topological polar surface area (TPSA) is 133 Å². The maximum Gasteiger partial charge on any atom is 0.430 e. The van der Waals surface area contributed by atoms with Crippen LogP contribution < -0.4 is 11.5 Å². The molecule has 0 spiro atoms. The largest absolute Gasteiger partial charge is 0.430 e. The number of halogens is 3. The Labute approximate surface area is 181 Å². The second kappa shape index (κ2) is 7.59. The maximum absolute atomic E-state index is 13.5. The van der Waals surface area contributed by atoms with Gasteiger partial charge in [-0.1, -0.05) is 12.1 Å². The first kappa shape index (κ1) is 21.8. The van der Waals surface area contributed by atoms with Gasteiger partial charge in [0.05, 0.1) is 18.1 Å². The van der Waals surface area contributed by atoms with Crippen molar-refractivity contribution in [3.8, 4) is 22.5 Å². The predicted octanol–water partition coefficient (Wildman–Crippen LogP) is 2.54. The number of anilines is 1. The van der Waals surface area contributed by atoms with Crippen molar-refractivity contribution < 1.29 is 23.1 Å². The highest BCUT2D eigenvalue weighted by atomic mass is 19.4. The Hall–Kier alpha value is -3.47. The van der Waals surface area contributed by atoms with E-state index >= 15 is 0 Å². The van der Waals surface area contributed by atoms with Gasteiger partial charge in [0, 0.05) is 29.4 Å². The highest BCUT2D eigenvalue weighted by Gasteiger charge is 2.60. The number of nitrogens with zero attached hydrogens (tertiary/aromatic N) is 4. The first-order chi connectivity index (χ1) is 15.0. The van der Waals surface area contributed by atoms with Crippen molar-refractivity contribution in [2.24, 2.45) is 11.7 Å². The number of hydrogen-bond donors (Lipinski definition) is 3. The zero-order chi connectivity index (χ0) is 23.3. The minimum absolute atomic E-state index is 0.137. The minimum atomic E-state index is -5.31. The molecule has 1 unspecified atom stereocenters. The number of rotatable bonds is 6. The fourth-order valence-electron chi connectivity index (χ4n) is 3.46. The molecule has 2 heterocycles. The van der Waals surface area contributed by atoms with Crippen LogP contribution in [0.15, 0.2) is 36.8 Å². The van der Waals surface area contributed by atoms with E-state index < -0.39 is 23.2 Å². The van der Waals surface area contributed by atoms with Crippen molar-refractivity contribution >= 4 is 11.7 Å². The van der Waals surface area contributed by atoms with Crippen LogP contribution in [0.1, 0.15) is 24.0 Å². The Morgan fingerprint density at radius 1 is 1.28 bits per heavy atom. The van der Waals surface area contributed by atoms with Crippen LogP contribution in [0.2, 0.25) is 0 Å². The molecular weight excluding hydrogens is 425 g/mol. The number of benzene rings is 1. The highest BCUT2D eigenvalue weighted by Crippen LogP contribution is 2.40. The lowest BCUT2D eigenvalue weighted by Gasteiger charge is -2.28. The summed E-state index contributed by atoms with van der Waals surface area (Å²) in [6.45, 7) is 2.44. The molecule has 5 N–H and O–H groups in total. The van der Waals surface area contributed by atoms with Crippen LogP contribution in [-0.4, -0.2) is 36.9 Å². The third-order valence-electron chi connectivity index (χ3n) is 5.55. The summed E-state index contributed by atoms with van der Waals surface area (Å²) in [6, 6.07) is 3.38. The fourth-order valence-corrected chi connectivity index (χ4v) is 3.46. The van der Waals surface area contributed by atoms with Crippen molar-refractivity contribution in [2.45, 2.75) is 38.1 Å². The second-order valence-corrected chi connectivity index (χ2v) is 7.99. The van der Waals surface area contributed by atoms with Gasteiger partial charge in [-0.25, -0.2) is 9.97 Å². The zero-order valence-corrected chi connectivity index (χ0v) is 17.1. The van der Waals surface area contributed by atoms with Crippen molar-refractivity contribution in [1.82, 2.24) is 19.7 Å². The average Bonchev–Trinajstić information content (AvgIpc) is 3.42. The summed E-state index contributed by atoms with van der Waals surface area (Å²) in [5.41, 5.74) is 8.32. The summed E-state index contributed by atoms with van der Waals surface area (Å²) in [5, 5.41) is 14.5. The number of carbonyl (C=O) groups excluding carboxylic acids is 1. The SMILES string of the molecule is Cc1ccc(C(O)(C(N)=O)C(F)(F)F)cc1-c1cnc(N)c(-c2cnn(CC3CC3)c2)n1. The smallest absolute Gasteiger partial charge is 0.382 e. The van der Waals surface area contributed by atoms with Crippen molar-refractivity contribution in [3.05, 3.63) is 47.9 Å². The molecule has 0 bridgehead atoms. The number of alkyl halides is 3. The van der Waals surface area contributed by atoms with Gasteiger partial charge in [0.15, 0.2) is 0 Å². The van der Waals surface area contributed by atoms with Gasteiger partial charge >= 0.3 is 6.18 Å². The third-order valence-corrected chi connectivity index (χ3v) is 5.55. The van der Waals surface area contributed by atoms with Crippen LogP contribution in [0.4, 0.5) is 19.0 Å². The number of amides is 1. The zero-order valence-electron chi connectivity index (χ0n) is 17.1. The molecule has 1 atom stereocenters. The third kappa shape index (κ3) is 3.79. The average molecular weight is 446 g/mol. The van der Waals surface area contributed by atoms with Crippen LogP contribution in [0, 0.1) is 12.8 Å². The molecule has 0 aliphatic heterocycles. The number of nitrogens with two attached hydrogens (primary N) is 2. The van der Waals surface area contributed by atoms with E-state index in [0.717, 1.165) is 31.5 Å². The number of aryl methyl sites for hydroxylation is 1. The molecule has 1 aliphatic rings. The summed E-state index contributed by atoms with van der Waals surface area (Å²) in [5.74, 6) is -1.18. The quantitative estimate of drug-likeness (QED) is 0.533. The number of primary amides is 1. The molecule has 32 heavy (non-hydrogen) atoms. The van der Waals surface area contributed by atoms with E-state index in [1.807, 2.05) is 0 Å². The van der Waals surface area contributed by atoms with E-state index in [1.54, 1.807) is 24.0 Å². The summed E-state index contributed by atoms with van der Waals surface area (Å²) < 4.78 is 42.3. The van der Waals surface area contributed by atoms with Crippen LogP contribution in [0.25, 0.3) is 22.5 Å². The number of hydrogen-bond acceptors (Lipinski definition) is 6. The highest BCUT2D eigenvalue weighted by molar-refractivity contribution is 5.86. The molecule has 1 fully saturated rings. The van der Waals surface area contributed by atoms with Crippen LogP contribution in [0.5, 0.6) is 0 Å². The fraction of sp³-hybridized carbons (Fsp3) is 0.333. The summed E-state index contributed by atoms with van der Waals surface area (Å²) in [6.07, 6.45) is 1.73. The van der Waals surface area contributed by atoms with Gasteiger partial charge in [0.25, 0.3) is 11.5 Å². The summed E-state index contributed by atoms with van der Waals surface area (Å²) >= 11 is 0. The van der Waals surface area contributed by atoms with Crippen LogP contribution in [0.3, 0.4) is 0 Å². The van der Waals surface area contributed by atoms with E-state index in [4.69, 9.17) is 11.5 Å². The lowest BCUT2D eigenvalue weighted by molar-refractivity contribution is -0.255. The number of nitrogen functional groups attached to an aromatic ring is 1. The first-order valence-corrected chi connectivity index (χ1v) is 9.86. The Morgan fingerprint density at radius 3 is 2.62 bits per heavy atom. The molecule has 1 amide bonds. The number of aliphatic hydroxyl groups is 1. The van der Waals surface area contributed by atoms with Crippen molar-refractivity contribution in [3.63, 3.8) is 0 Å². The molecule has 1 saturated carbocycles. The minimum Gasteiger partial charge on any atom is -0.382 e. The molecule has 1 aromatic carbocycles. The first-order valence-electron chi connectivity index (χ1n) is 9.86. The Kier molecular flexibility index (Phi) is 5.16. The van der Waals surface area contributed by atoms with E-state index in [2.05, 4.69) is 15.1 Å². The van der Waals surface area contributed by atoms with Gasteiger partial charge in [-0.15, -0.1) is 0 Å². The summed E-state index contributed by atoms with van der Waals surface area (Å²) in [7, 11) is 0. The van der Waals surface area contributed by atoms with Crippen molar-refractivity contribution in [1.29, 1.82) is 0 Å². The predicted molar refractivity (Wildman–Crippen MR) is 110 cm³/mol. The van der Waals surface area contributed by atoms with E-state index in [1.165, 1.54) is 12.3 Å². The van der Waals surface area contributed by atoms with E-state index in [9.17, 15) is 23.1 Å². The molecule has 11 heteroatoms. The second-order valence-electron chi connectivity index (χ2n) is 7.99. The van der Waals surface area contributed by atoms with Gasteiger partial charge < -0.3 is 16.6 Å². The molecule has 0 saturated heterocycles. The molecule has 168 valence electrons. The molecule has 8 nitrogen and oxygen atoms in total. The lowest BCUT2D eigenvalue weighted by atomic mass is 9.89. The molecule has 1 aliphatic carbocycles. The van der Waals surface area contributed by atoms with Gasteiger partial charge in [-0.05, 0) is 37.3 Å². The number of aromatic nitrogens is 4. The molecule has 0 radical (unpaired) electrons. The van der Waals surface area contributed by atoms with Gasteiger partial charge in [0.1, 0.15) is 11.5 Å². The summed E-state index contributed by atoms with van der Waals surface area (Å²) in [4.78, 5) is 20.2. The standard InChI is InChI=1S/C21H21F3N6O2/c1-11-2-5-14(20(32,19(26)31)21(22,23)24)6-15(11)16-8-27-18(25)17(29-16)13-7-28-30(10-13)9-12-3-4-12/h2,5-8,10,12,32H,3-4,9H2,1H3,(H2,25,27)(H2,26,31). The van der Waals surface area contributed by atoms with Crippen molar-refractivity contribution in [2.75, 3.05) is 5.73 Å². The molecule has 4 rings (SSSR count). The van der Waals surface area contributed by atoms with Gasteiger partial charge in [-0.2, -0.15) is 18.3 Å². The Morgan fingerprint density at radius 2 is 2.00 bits per heavy atom. The maximum atomic E-state index is 13.5. The Balaban J connectivity index is 1.77. The van der Waals surface area contributed by atoms with Crippen LogP contribution >= 0.6 is 0 Å². The van der Waals surface area contributed by atoms with Gasteiger partial charge in [0.2, 0.25) is 0 Å². The lowest BCUT2D eigenvalue weighted by Crippen LogP contribution is -2.52. The Bertz CT molecular complexity index is 1190.